The van der Waals surface area contributed by atoms with Gasteiger partial charge in [-0.1, -0.05) is 54.6 Å². The molecular formula is C22H13N2O4S-. The molecule has 0 saturated carbocycles. The van der Waals surface area contributed by atoms with E-state index in [2.05, 4.69) is 4.98 Å². The number of nitrogens with zero attached hydrogens (tertiary/aromatic N) is 2. The first kappa shape index (κ1) is 18.5. The number of carbonyl (C=O) groups excluding carboxylic acids is 1. The average Bonchev–Trinajstić information content (AvgIpc) is 3.17. The van der Waals surface area contributed by atoms with Gasteiger partial charge in [-0.05, 0) is 29.5 Å². The molecule has 1 aromatic heterocycles. The molecule has 4 rings (SSSR count). The number of nitro benzene ring substituents is 1. The molecule has 0 spiro atoms. The largest absolute Gasteiger partial charge is 0.868 e. The molecule has 0 aliphatic carbocycles. The molecule has 0 aliphatic rings. The zero-order chi connectivity index (χ0) is 20.4. The predicted octanol–water partition coefficient (Wildman–Crippen LogP) is 4.70. The molecule has 0 bridgehead atoms. The Morgan fingerprint density at radius 3 is 2.45 bits per heavy atom. The van der Waals surface area contributed by atoms with E-state index >= 15 is 0 Å². The molecule has 0 N–H and O–H groups in total. The van der Waals surface area contributed by atoms with E-state index < -0.39 is 16.4 Å². The summed E-state index contributed by atoms with van der Waals surface area (Å²) in [5.74, 6) is -0.929. The molecule has 6 nitrogen and oxygen atoms in total. The average molecular weight is 401 g/mol. The number of carbonyl (C=O) groups is 1. The minimum atomic E-state index is -0.726. The van der Waals surface area contributed by atoms with E-state index in [1.807, 2.05) is 30.3 Å². The van der Waals surface area contributed by atoms with Crippen LogP contribution in [-0.2, 0) is 0 Å². The molecular weight excluding hydrogens is 388 g/mol. The number of para-hydroxylation sites is 1. The first-order valence-corrected chi connectivity index (χ1v) is 9.47. The minimum Gasteiger partial charge on any atom is -0.868 e. The van der Waals surface area contributed by atoms with E-state index in [9.17, 15) is 20.0 Å². The van der Waals surface area contributed by atoms with Crippen LogP contribution in [0.4, 0.5) is 5.69 Å². The predicted molar refractivity (Wildman–Crippen MR) is 111 cm³/mol. The summed E-state index contributed by atoms with van der Waals surface area (Å²) < 4.78 is 0.926. The Bertz CT molecular complexity index is 1230. The lowest BCUT2D eigenvalue weighted by Gasteiger charge is -2.08. The zero-order valence-electron chi connectivity index (χ0n) is 14.9. The molecule has 0 aliphatic heterocycles. The van der Waals surface area contributed by atoms with Gasteiger partial charge in [0.1, 0.15) is 5.01 Å². The maximum atomic E-state index is 13.2. The monoisotopic (exact) mass is 401 g/mol. The number of aromatic nitrogens is 1. The van der Waals surface area contributed by atoms with Crippen LogP contribution in [0.5, 0.6) is 5.75 Å². The second-order valence-electron chi connectivity index (χ2n) is 6.22. The highest BCUT2D eigenvalue weighted by Gasteiger charge is 2.19. The van der Waals surface area contributed by atoms with Gasteiger partial charge in [0.05, 0.1) is 20.7 Å². The van der Waals surface area contributed by atoms with Crippen molar-refractivity contribution < 1.29 is 14.8 Å². The number of hydrogen-bond acceptors (Lipinski definition) is 6. The van der Waals surface area contributed by atoms with Crippen molar-refractivity contribution in [2.75, 3.05) is 0 Å². The minimum absolute atomic E-state index is 0.251. The standard InChI is InChI=1S/C22H14N2O4S/c25-19-11-10-14(13-18(19)24(27)28)12-16(21(26)15-6-2-1-3-7-15)22-23-17-8-4-5-9-20(17)29-22/h1-13,25H/p-1/b16-12-. The summed E-state index contributed by atoms with van der Waals surface area (Å²) >= 11 is 1.37. The van der Waals surface area contributed by atoms with Crippen LogP contribution >= 0.6 is 11.3 Å². The lowest BCUT2D eigenvalue weighted by atomic mass is 10.0. The van der Waals surface area contributed by atoms with E-state index in [0.717, 1.165) is 16.3 Å². The highest BCUT2D eigenvalue weighted by molar-refractivity contribution is 7.20. The highest BCUT2D eigenvalue weighted by Crippen LogP contribution is 2.32. The van der Waals surface area contributed by atoms with Crippen LogP contribution in [0.15, 0.2) is 72.8 Å². The van der Waals surface area contributed by atoms with Crippen LogP contribution in [0.3, 0.4) is 0 Å². The summed E-state index contributed by atoms with van der Waals surface area (Å²) in [5.41, 5.74) is 1.41. The normalized spacial score (nSPS) is 11.5. The van der Waals surface area contributed by atoms with E-state index in [-0.39, 0.29) is 5.78 Å². The van der Waals surface area contributed by atoms with Gasteiger partial charge in [-0.25, -0.2) is 4.98 Å². The summed E-state index contributed by atoms with van der Waals surface area (Å²) in [7, 11) is 0. The number of thiazole rings is 1. The lowest BCUT2D eigenvalue weighted by Crippen LogP contribution is -2.03. The number of benzene rings is 3. The first-order chi connectivity index (χ1) is 14.0. The molecule has 142 valence electrons. The zero-order valence-corrected chi connectivity index (χ0v) is 15.8. The summed E-state index contributed by atoms with van der Waals surface area (Å²) in [4.78, 5) is 28.2. The topological polar surface area (TPSA) is 96.2 Å². The Kier molecular flexibility index (Phi) is 4.88. The third-order valence-electron chi connectivity index (χ3n) is 4.30. The molecule has 0 unspecified atom stereocenters. The van der Waals surface area contributed by atoms with Crippen molar-refractivity contribution in [3.8, 4) is 5.75 Å². The van der Waals surface area contributed by atoms with Crippen molar-refractivity contribution in [1.29, 1.82) is 0 Å². The summed E-state index contributed by atoms with van der Waals surface area (Å²) in [6.45, 7) is 0. The van der Waals surface area contributed by atoms with Crippen LogP contribution in [0.2, 0.25) is 0 Å². The number of hydrogen-bond donors (Lipinski definition) is 0. The molecule has 3 aromatic carbocycles. The number of rotatable bonds is 5. The van der Waals surface area contributed by atoms with E-state index in [1.165, 1.54) is 23.5 Å². The Morgan fingerprint density at radius 1 is 1.00 bits per heavy atom. The fourth-order valence-corrected chi connectivity index (χ4v) is 3.87. The number of allylic oxidation sites excluding steroid dienone is 1. The Balaban J connectivity index is 1.88. The summed E-state index contributed by atoms with van der Waals surface area (Å²) in [6, 6.07) is 20.0. The third-order valence-corrected chi connectivity index (χ3v) is 5.37. The van der Waals surface area contributed by atoms with Crippen LogP contribution in [0.25, 0.3) is 21.9 Å². The molecule has 0 fully saturated rings. The second kappa shape index (κ2) is 7.65. The Morgan fingerprint density at radius 2 is 1.72 bits per heavy atom. The molecule has 0 saturated heterocycles. The maximum absolute atomic E-state index is 13.2. The van der Waals surface area contributed by atoms with Gasteiger partial charge >= 0.3 is 0 Å². The second-order valence-corrected chi connectivity index (χ2v) is 7.25. The Hall–Kier alpha value is -3.84. The van der Waals surface area contributed by atoms with Gasteiger partial charge in [0.25, 0.3) is 5.69 Å². The maximum Gasteiger partial charge on any atom is 0.262 e. The number of fused-ring (bicyclic) bond motifs is 1. The van der Waals surface area contributed by atoms with Crippen LogP contribution in [0, 0.1) is 10.1 Å². The van der Waals surface area contributed by atoms with Crippen molar-refractivity contribution in [2.45, 2.75) is 0 Å². The fourth-order valence-electron chi connectivity index (χ4n) is 2.89. The van der Waals surface area contributed by atoms with Crippen molar-refractivity contribution in [1.82, 2.24) is 4.98 Å². The number of ketones is 1. The van der Waals surface area contributed by atoms with Crippen LogP contribution < -0.4 is 5.11 Å². The van der Waals surface area contributed by atoms with E-state index in [4.69, 9.17) is 0 Å². The van der Waals surface area contributed by atoms with Crippen molar-refractivity contribution >= 4 is 44.7 Å². The van der Waals surface area contributed by atoms with Crippen molar-refractivity contribution in [3.05, 3.63) is 99.0 Å². The van der Waals surface area contributed by atoms with Crippen LogP contribution in [-0.4, -0.2) is 15.7 Å². The lowest BCUT2D eigenvalue weighted by molar-refractivity contribution is -0.398. The molecule has 0 amide bonds. The number of Topliss-reactive ketones (excluding diaryl/α,β-unsaturated/α-hetero) is 1. The molecule has 0 atom stereocenters. The molecule has 1 heterocycles. The quantitative estimate of drug-likeness (QED) is 0.209. The molecule has 29 heavy (non-hydrogen) atoms. The Labute approximate surface area is 169 Å². The molecule has 0 radical (unpaired) electrons. The van der Waals surface area contributed by atoms with Crippen LogP contribution in [0.1, 0.15) is 20.9 Å². The van der Waals surface area contributed by atoms with Crippen molar-refractivity contribution in [2.24, 2.45) is 0 Å². The van der Waals surface area contributed by atoms with Gasteiger partial charge in [0.15, 0.2) is 5.78 Å². The van der Waals surface area contributed by atoms with Gasteiger partial charge in [0.2, 0.25) is 0 Å². The van der Waals surface area contributed by atoms with E-state index in [0.29, 0.717) is 21.7 Å². The fraction of sp³-hybridized carbons (Fsp3) is 0. The van der Waals surface area contributed by atoms with E-state index in [1.54, 1.807) is 30.3 Å². The number of nitro groups is 1. The van der Waals surface area contributed by atoms with Gasteiger partial charge in [-0.15, -0.1) is 11.3 Å². The van der Waals surface area contributed by atoms with Gasteiger partial charge in [0, 0.05) is 11.6 Å². The third kappa shape index (κ3) is 3.76. The SMILES string of the molecule is O=C(/C(=C/c1ccc([O-])c([N+](=O)[O-])c1)c1nc2ccccc2s1)c1ccccc1. The van der Waals surface area contributed by atoms with Gasteiger partial charge in [-0.2, -0.15) is 0 Å². The summed E-state index contributed by atoms with van der Waals surface area (Å²) in [5, 5.41) is 23.3. The van der Waals surface area contributed by atoms with Crippen molar-refractivity contribution in [3.63, 3.8) is 0 Å². The van der Waals surface area contributed by atoms with Gasteiger partial charge in [-0.3, -0.25) is 14.9 Å². The first-order valence-electron chi connectivity index (χ1n) is 8.66. The van der Waals surface area contributed by atoms with Gasteiger partial charge < -0.3 is 5.11 Å². The smallest absolute Gasteiger partial charge is 0.262 e. The molecule has 7 heteroatoms. The highest BCUT2D eigenvalue weighted by atomic mass is 32.1. The molecule has 4 aromatic rings. The summed E-state index contributed by atoms with van der Waals surface area (Å²) in [6.07, 6.45) is 1.54.